The minimum atomic E-state index is -0.834. The number of hydrogen-bond donors (Lipinski definition) is 3. The second-order valence-corrected chi connectivity index (χ2v) is 5.17. The molecular weight excluding hydrogens is 246 g/mol. The summed E-state index contributed by atoms with van der Waals surface area (Å²) in [6.07, 6.45) is -0.795. The van der Waals surface area contributed by atoms with Crippen molar-refractivity contribution in [3.8, 4) is 0 Å². The molecule has 0 aliphatic carbocycles. The Morgan fingerprint density at radius 3 is 2.68 bits per heavy atom. The lowest BCUT2D eigenvalue weighted by atomic mass is 9.92. The first kappa shape index (κ1) is 12.6. The number of esters is 1. The van der Waals surface area contributed by atoms with E-state index in [1.807, 2.05) is 30.3 Å². The van der Waals surface area contributed by atoms with Crippen molar-refractivity contribution in [1.82, 2.24) is 5.32 Å². The summed E-state index contributed by atoms with van der Waals surface area (Å²) in [6, 6.07) is 9.09. The van der Waals surface area contributed by atoms with Crippen molar-refractivity contribution in [2.75, 3.05) is 6.61 Å². The first-order valence-electron chi connectivity index (χ1n) is 6.50. The van der Waals surface area contributed by atoms with Crippen LogP contribution in [0, 0.1) is 5.92 Å². The molecular formula is C14H17NO4. The average molecular weight is 263 g/mol. The highest BCUT2D eigenvalue weighted by atomic mass is 16.6. The van der Waals surface area contributed by atoms with Crippen molar-refractivity contribution in [2.45, 2.75) is 30.7 Å². The van der Waals surface area contributed by atoms with Gasteiger partial charge in [-0.2, -0.15) is 0 Å². The maximum absolute atomic E-state index is 11.9. The first-order valence-corrected chi connectivity index (χ1v) is 6.50. The van der Waals surface area contributed by atoms with Crippen LogP contribution in [0.4, 0.5) is 0 Å². The molecule has 1 aromatic carbocycles. The van der Waals surface area contributed by atoms with Gasteiger partial charge >= 0.3 is 5.97 Å². The molecule has 1 aromatic rings. The van der Waals surface area contributed by atoms with Gasteiger partial charge in [-0.25, -0.2) is 0 Å². The van der Waals surface area contributed by atoms with Gasteiger partial charge in [-0.3, -0.25) is 4.79 Å². The molecule has 3 rings (SSSR count). The normalized spacial score (nSPS) is 37.2. The molecule has 2 fully saturated rings. The molecule has 2 heterocycles. The lowest BCUT2D eigenvalue weighted by molar-refractivity contribution is -0.148. The van der Waals surface area contributed by atoms with Gasteiger partial charge in [0.15, 0.2) is 0 Å². The summed E-state index contributed by atoms with van der Waals surface area (Å²) in [7, 11) is 0. The minimum Gasteiger partial charge on any atom is -0.458 e. The van der Waals surface area contributed by atoms with Crippen LogP contribution in [0.15, 0.2) is 30.3 Å². The number of aliphatic hydroxyl groups is 2. The third kappa shape index (κ3) is 2.14. The molecule has 19 heavy (non-hydrogen) atoms. The second-order valence-electron chi connectivity index (χ2n) is 5.17. The molecule has 2 saturated heterocycles. The smallest absolute Gasteiger partial charge is 0.311 e. The fourth-order valence-electron chi connectivity index (χ4n) is 2.98. The number of aliphatic hydroxyl groups excluding tert-OH is 2. The van der Waals surface area contributed by atoms with Crippen LogP contribution in [0.3, 0.4) is 0 Å². The van der Waals surface area contributed by atoms with Crippen molar-refractivity contribution in [3.63, 3.8) is 0 Å². The molecule has 5 unspecified atom stereocenters. The maximum atomic E-state index is 11.9. The summed E-state index contributed by atoms with van der Waals surface area (Å²) >= 11 is 0. The molecule has 0 bridgehead atoms. The molecule has 102 valence electrons. The van der Waals surface area contributed by atoms with E-state index in [4.69, 9.17) is 4.74 Å². The number of ether oxygens (including phenoxy) is 1. The van der Waals surface area contributed by atoms with Crippen LogP contribution >= 0.6 is 0 Å². The number of carbonyl (C=O) groups excluding carboxylic acids is 1. The maximum Gasteiger partial charge on any atom is 0.311 e. The fourth-order valence-corrected chi connectivity index (χ4v) is 2.98. The molecule has 0 spiro atoms. The van der Waals surface area contributed by atoms with Crippen molar-refractivity contribution < 1.29 is 19.7 Å². The zero-order valence-electron chi connectivity index (χ0n) is 10.4. The molecule has 5 heteroatoms. The van der Waals surface area contributed by atoms with Gasteiger partial charge in [-0.1, -0.05) is 30.3 Å². The van der Waals surface area contributed by atoms with Gasteiger partial charge in [0.2, 0.25) is 0 Å². The van der Waals surface area contributed by atoms with E-state index in [1.165, 1.54) is 0 Å². The Balaban J connectivity index is 1.77. The monoisotopic (exact) mass is 263 g/mol. The van der Waals surface area contributed by atoms with Gasteiger partial charge in [0.25, 0.3) is 0 Å². The number of hydrogen-bond acceptors (Lipinski definition) is 5. The molecule has 2 aliphatic heterocycles. The fraction of sp³-hybridized carbons (Fsp3) is 0.500. The van der Waals surface area contributed by atoms with Crippen LogP contribution in [-0.2, 0) is 16.0 Å². The number of fused-ring (bicyclic) bond motifs is 1. The van der Waals surface area contributed by atoms with Gasteiger partial charge in [0.1, 0.15) is 12.2 Å². The Morgan fingerprint density at radius 1 is 1.26 bits per heavy atom. The van der Waals surface area contributed by atoms with E-state index >= 15 is 0 Å². The van der Waals surface area contributed by atoms with Crippen molar-refractivity contribution in [3.05, 3.63) is 35.9 Å². The summed E-state index contributed by atoms with van der Waals surface area (Å²) in [5.41, 5.74) is 1.06. The van der Waals surface area contributed by atoms with Crippen LogP contribution in [0.1, 0.15) is 5.56 Å². The second kappa shape index (κ2) is 4.92. The van der Waals surface area contributed by atoms with Crippen LogP contribution in [-0.4, -0.2) is 47.1 Å². The summed E-state index contributed by atoms with van der Waals surface area (Å²) in [5, 5.41) is 22.2. The highest BCUT2D eigenvalue weighted by molar-refractivity contribution is 5.77. The zero-order chi connectivity index (χ0) is 13.4. The molecule has 3 N–H and O–H groups in total. The van der Waals surface area contributed by atoms with Crippen molar-refractivity contribution in [2.24, 2.45) is 5.92 Å². The summed E-state index contributed by atoms with van der Waals surface area (Å²) in [6.45, 7) is -0.163. The lowest BCUT2D eigenvalue weighted by Crippen LogP contribution is -2.40. The van der Waals surface area contributed by atoms with Gasteiger partial charge in [0, 0.05) is 0 Å². The molecule has 0 amide bonds. The van der Waals surface area contributed by atoms with Crippen molar-refractivity contribution in [1.29, 1.82) is 0 Å². The largest absolute Gasteiger partial charge is 0.458 e. The van der Waals surface area contributed by atoms with E-state index in [-0.39, 0.29) is 24.5 Å². The Bertz CT molecular complexity index is 464. The first-order chi connectivity index (χ1) is 9.20. The molecule has 0 aromatic heterocycles. The Kier molecular flexibility index (Phi) is 3.26. The van der Waals surface area contributed by atoms with Crippen LogP contribution < -0.4 is 5.32 Å². The minimum absolute atomic E-state index is 0.163. The molecule has 0 radical (unpaired) electrons. The molecule has 0 saturated carbocycles. The van der Waals surface area contributed by atoms with E-state index in [9.17, 15) is 15.0 Å². The summed E-state index contributed by atoms with van der Waals surface area (Å²) in [5.74, 6) is -0.583. The standard InChI is InChI=1S/C14H17NO4/c16-7-10-12(17)13-11(15-10)9(14(18)19-13)6-8-4-2-1-3-5-8/h1-5,9-13,15-17H,6-7H2. The SMILES string of the molecule is O=C1OC2C(O)C(CO)NC2C1Cc1ccccc1. The van der Waals surface area contributed by atoms with Gasteiger partial charge in [-0.15, -0.1) is 0 Å². The van der Waals surface area contributed by atoms with Crippen LogP contribution in [0.25, 0.3) is 0 Å². The quantitative estimate of drug-likeness (QED) is 0.639. The van der Waals surface area contributed by atoms with E-state index in [0.29, 0.717) is 6.42 Å². The van der Waals surface area contributed by atoms with Gasteiger partial charge in [0.05, 0.1) is 24.6 Å². The zero-order valence-corrected chi connectivity index (χ0v) is 10.4. The Morgan fingerprint density at radius 2 is 2.00 bits per heavy atom. The Labute approximate surface area is 111 Å². The van der Waals surface area contributed by atoms with E-state index in [2.05, 4.69) is 5.32 Å². The van der Waals surface area contributed by atoms with Crippen LogP contribution in [0.2, 0.25) is 0 Å². The van der Waals surface area contributed by atoms with E-state index < -0.39 is 18.2 Å². The predicted molar refractivity (Wildman–Crippen MR) is 67.3 cm³/mol. The molecule has 5 nitrogen and oxygen atoms in total. The average Bonchev–Trinajstić information content (AvgIpc) is 2.89. The third-order valence-electron chi connectivity index (χ3n) is 3.99. The van der Waals surface area contributed by atoms with Gasteiger partial charge < -0.3 is 20.3 Å². The van der Waals surface area contributed by atoms with Crippen LogP contribution in [0.5, 0.6) is 0 Å². The summed E-state index contributed by atoms with van der Waals surface area (Å²) < 4.78 is 5.25. The molecule has 5 atom stereocenters. The number of rotatable bonds is 3. The predicted octanol–water partition coefficient (Wildman–Crippen LogP) is -0.536. The number of carbonyl (C=O) groups is 1. The highest BCUT2D eigenvalue weighted by Crippen LogP contribution is 2.32. The van der Waals surface area contributed by atoms with E-state index in [1.54, 1.807) is 0 Å². The summed E-state index contributed by atoms with van der Waals surface area (Å²) in [4.78, 5) is 11.9. The molecule has 2 aliphatic rings. The third-order valence-corrected chi connectivity index (χ3v) is 3.99. The van der Waals surface area contributed by atoms with Crippen molar-refractivity contribution >= 4 is 5.97 Å². The highest BCUT2D eigenvalue weighted by Gasteiger charge is 2.54. The Hall–Kier alpha value is -1.43. The lowest BCUT2D eigenvalue weighted by Gasteiger charge is -2.16. The van der Waals surface area contributed by atoms with E-state index in [0.717, 1.165) is 5.56 Å². The topological polar surface area (TPSA) is 78.8 Å². The number of benzene rings is 1. The van der Waals surface area contributed by atoms with Gasteiger partial charge in [-0.05, 0) is 12.0 Å². The number of nitrogens with one attached hydrogen (secondary N) is 1.